The number of carboxylic acid groups (broad SMARTS) is 1. The van der Waals surface area contributed by atoms with Crippen LogP contribution in [0.15, 0.2) is 42.5 Å². The quantitative estimate of drug-likeness (QED) is 0.898. The van der Waals surface area contributed by atoms with Crippen molar-refractivity contribution < 1.29 is 14.3 Å². The maximum atomic E-state index is 13.7. The van der Waals surface area contributed by atoms with E-state index < -0.39 is 11.8 Å². The van der Waals surface area contributed by atoms with Gasteiger partial charge in [0.15, 0.2) is 0 Å². The van der Waals surface area contributed by atoms with E-state index in [0.717, 1.165) is 11.8 Å². The molecule has 4 nitrogen and oxygen atoms in total. The van der Waals surface area contributed by atoms with Crippen LogP contribution in [-0.4, -0.2) is 25.2 Å². The van der Waals surface area contributed by atoms with Crippen LogP contribution >= 0.6 is 0 Å². The van der Waals surface area contributed by atoms with E-state index in [4.69, 9.17) is 5.11 Å². The molecule has 5 heteroatoms. The van der Waals surface area contributed by atoms with E-state index in [2.05, 4.69) is 5.32 Å². The van der Waals surface area contributed by atoms with Crippen molar-refractivity contribution in [2.24, 2.45) is 0 Å². The third-order valence-electron chi connectivity index (χ3n) is 2.85. The van der Waals surface area contributed by atoms with Crippen LogP contribution < -0.4 is 10.2 Å². The Balaban J connectivity index is 2.32. The molecule has 2 rings (SSSR count). The number of halogens is 1. The Labute approximate surface area is 116 Å². The lowest BCUT2D eigenvalue weighted by Crippen LogP contribution is -2.08. The zero-order valence-corrected chi connectivity index (χ0v) is 11.2. The Morgan fingerprint density at radius 2 is 1.95 bits per heavy atom. The predicted octanol–water partition coefficient (Wildman–Crippen LogP) is 3.33. The van der Waals surface area contributed by atoms with Gasteiger partial charge in [0.1, 0.15) is 5.82 Å². The van der Waals surface area contributed by atoms with Crippen molar-refractivity contribution in [3.8, 4) is 0 Å². The second-order valence-corrected chi connectivity index (χ2v) is 4.57. The van der Waals surface area contributed by atoms with Gasteiger partial charge in [0.2, 0.25) is 0 Å². The Hall–Kier alpha value is -2.56. The Morgan fingerprint density at radius 1 is 1.20 bits per heavy atom. The van der Waals surface area contributed by atoms with Gasteiger partial charge in [0, 0.05) is 25.5 Å². The molecule has 104 valence electrons. The number of nitrogens with one attached hydrogen (secondary N) is 1. The molecule has 0 saturated carbocycles. The Kier molecular flexibility index (Phi) is 3.89. The van der Waals surface area contributed by atoms with Crippen molar-refractivity contribution >= 4 is 23.0 Å². The zero-order valence-electron chi connectivity index (χ0n) is 11.2. The summed E-state index contributed by atoms with van der Waals surface area (Å²) in [7, 11) is 3.81. The number of hydrogen-bond donors (Lipinski definition) is 2. The van der Waals surface area contributed by atoms with Crippen LogP contribution in [0.1, 0.15) is 10.4 Å². The normalized spacial score (nSPS) is 10.2. The maximum absolute atomic E-state index is 13.7. The molecule has 0 fully saturated rings. The molecule has 0 aliphatic rings. The number of anilines is 3. The Morgan fingerprint density at radius 3 is 2.60 bits per heavy atom. The van der Waals surface area contributed by atoms with Crippen LogP contribution in [0.3, 0.4) is 0 Å². The van der Waals surface area contributed by atoms with E-state index in [1.54, 1.807) is 6.07 Å². The summed E-state index contributed by atoms with van der Waals surface area (Å²) in [5, 5.41) is 11.8. The summed E-state index contributed by atoms with van der Waals surface area (Å²) < 4.78 is 13.7. The summed E-state index contributed by atoms with van der Waals surface area (Å²) in [6.45, 7) is 0. The number of nitrogens with zero attached hydrogens (tertiary/aromatic N) is 1. The fourth-order valence-corrected chi connectivity index (χ4v) is 1.77. The second-order valence-electron chi connectivity index (χ2n) is 4.57. The number of carbonyl (C=O) groups is 1. The molecule has 2 aromatic rings. The van der Waals surface area contributed by atoms with Gasteiger partial charge in [-0.1, -0.05) is 6.07 Å². The fourth-order valence-electron chi connectivity index (χ4n) is 1.77. The average Bonchev–Trinajstić information content (AvgIpc) is 2.41. The SMILES string of the molecule is CN(C)c1cccc(Nc2cc(C(=O)O)ccc2F)c1. The molecule has 0 aliphatic carbocycles. The zero-order chi connectivity index (χ0) is 14.7. The maximum Gasteiger partial charge on any atom is 0.335 e. The third-order valence-corrected chi connectivity index (χ3v) is 2.85. The van der Waals surface area contributed by atoms with Crippen molar-refractivity contribution in [3.63, 3.8) is 0 Å². The van der Waals surface area contributed by atoms with E-state index in [1.165, 1.54) is 12.1 Å². The molecule has 20 heavy (non-hydrogen) atoms. The molecule has 0 bridgehead atoms. The van der Waals surface area contributed by atoms with Crippen LogP contribution in [0.5, 0.6) is 0 Å². The Bertz CT molecular complexity index is 642. The third kappa shape index (κ3) is 3.06. The predicted molar refractivity (Wildman–Crippen MR) is 77.4 cm³/mol. The van der Waals surface area contributed by atoms with Gasteiger partial charge in [-0.05, 0) is 36.4 Å². The van der Waals surface area contributed by atoms with Crippen LogP contribution in [0.2, 0.25) is 0 Å². The molecule has 0 aliphatic heterocycles. The lowest BCUT2D eigenvalue weighted by atomic mass is 10.2. The summed E-state index contributed by atoms with van der Waals surface area (Å²) >= 11 is 0. The number of rotatable bonds is 4. The number of benzene rings is 2. The van der Waals surface area contributed by atoms with Gasteiger partial charge >= 0.3 is 5.97 Å². The molecule has 0 amide bonds. The first-order valence-corrected chi connectivity index (χ1v) is 6.04. The monoisotopic (exact) mass is 274 g/mol. The molecule has 0 spiro atoms. The minimum atomic E-state index is -1.09. The van der Waals surface area contributed by atoms with Crippen molar-refractivity contribution in [3.05, 3.63) is 53.8 Å². The van der Waals surface area contributed by atoms with Crippen molar-refractivity contribution in [2.75, 3.05) is 24.3 Å². The van der Waals surface area contributed by atoms with E-state index >= 15 is 0 Å². The van der Waals surface area contributed by atoms with Gasteiger partial charge in [-0.25, -0.2) is 9.18 Å². The first-order chi connectivity index (χ1) is 9.47. The van der Waals surface area contributed by atoms with Gasteiger partial charge in [0.25, 0.3) is 0 Å². The van der Waals surface area contributed by atoms with E-state index in [9.17, 15) is 9.18 Å². The topological polar surface area (TPSA) is 52.6 Å². The van der Waals surface area contributed by atoms with Crippen LogP contribution in [0, 0.1) is 5.82 Å². The molecule has 0 aromatic heterocycles. The molecule has 2 aromatic carbocycles. The van der Waals surface area contributed by atoms with Crippen molar-refractivity contribution in [1.29, 1.82) is 0 Å². The highest BCUT2D eigenvalue weighted by atomic mass is 19.1. The highest BCUT2D eigenvalue weighted by Crippen LogP contribution is 2.24. The molecule has 0 heterocycles. The number of hydrogen-bond acceptors (Lipinski definition) is 3. The van der Waals surface area contributed by atoms with Crippen LogP contribution in [-0.2, 0) is 0 Å². The van der Waals surface area contributed by atoms with Crippen molar-refractivity contribution in [1.82, 2.24) is 0 Å². The van der Waals surface area contributed by atoms with Gasteiger partial charge in [0.05, 0.1) is 11.3 Å². The summed E-state index contributed by atoms with van der Waals surface area (Å²) in [4.78, 5) is 12.8. The highest BCUT2D eigenvalue weighted by Gasteiger charge is 2.09. The van der Waals surface area contributed by atoms with Crippen molar-refractivity contribution in [2.45, 2.75) is 0 Å². The molecular weight excluding hydrogens is 259 g/mol. The molecule has 0 saturated heterocycles. The molecular formula is C15H15FN2O2. The number of aromatic carboxylic acids is 1. The van der Waals surface area contributed by atoms with E-state index in [1.807, 2.05) is 37.2 Å². The van der Waals surface area contributed by atoms with E-state index in [0.29, 0.717) is 5.69 Å². The summed E-state index contributed by atoms with van der Waals surface area (Å²) in [6, 6.07) is 11.1. The van der Waals surface area contributed by atoms with Gasteiger partial charge in [-0.3, -0.25) is 0 Å². The smallest absolute Gasteiger partial charge is 0.335 e. The van der Waals surface area contributed by atoms with Crippen LogP contribution in [0.25, 0.3) is 0 Å². The van der Waals surface area contributed by atoms with Gasteiger partial charge in [-0.15, -0.1) is 0 Å². The number of carboxylic acids is 1. The standard InChI is InChI=1S/C15H15FN2O2/c1-18(2)12-5-3-4-11(9-12)17-14-8-10(15(19)20)6-7-13(14)16/h3-9,17H,1-2H3,(H,19,20). The van der Waals surface area contributed by atoms with Crippen LogP contribution in [0.4, 0.5) is 21.5 Å². The fraction of sp³-hybridized carbons (Fsp3) is 0.133. The lowest BCUT2D eigenvalue weighted by molar-refractivity contribution is 0.0697. The first kappa shape index (κ1) is 13.9. The minimum absolute atomic E-state index is 0.0395. The largest absolute Gasteiger partial charge is 0.478 e. The summed E-state index contributed by atoms with van der Waals surface area (Å²) in [5.41, 5.74) is 1.83. The summed E-state index contributed by atoms with van der Waals surface area (Å²) in [6.07, 6.45) is 0. The van der Waals surface area contributed by atoms with Gasteiger partial charge < -0.3 is 15.3 Å². The molecule has 2 N–H and O–H groups in total. The summed E-state index contributed by atoms with van der Waals surface area (Å²) in [5.74, 6) is -1.58. The van der Waals surface area contributed by atoms with E-state index in [-0.39, 0.29) is 11.3 Å². The molecule has 0 unspecified atom stereocenters. The minimum Gasteiger partial charge on any atom is -0.478 e. The molecule has 0 atom stereocenters. The average molecular weight is 274 g/mol. The molecule has 0 radical (unpaired) electrons. The first-order valence-electron chi connectivity index (χ1n) is 6.04. The highest BCUT2D eigenvalue weighted by molar-refractivity contribution is 5.89. The van der Waals surface area contributed by atoms with Gasteiger partial charge in [-0.2, -0.15) is 0 Å². The second kappa shape index (κ2) is 5.61. The lowest BCUT2D eigenvalue weighted by Gasteiger charge is -2.15.